The van der Waals surface area contributed by atoms with Crippen molar-refractivity contribution in [3.63, 3.8) is 0 Å². The minimum absolute atomic E-state index is 0.0284. The molecule has 2 aromatic heterocycles. The van der Waals surface area contributed by atoms with Gasteiger partial charge in [-0.1, -0.05) is 49.0 Å². The third kappa shape index (κ3) is 4.54. The van der Waals surface area contributed by atoms with E-state index in [0.717, 1.165) is 28.6 Å². The highest BCUT2D eigenvalue weighted by molar-refractivity contribution is 7.99. The molecule has 5 nitrogen and oxygen atoms in total. The molecule has 6 heteroatoms. The van der Waals surface area contributed by atoms with Crippen LogP contribution in [0.25, 0.3) is 11.3 Å². The fraction of sp³-hybridized carbons (Fsp3) is 0.263. The summed E-state index contributed by atoms with van der Waals surface area (Å²) in [5, 5.41) is 3.70. The zero-order valence-electron chi connectivity index (χ0n) is 14.1. The van der Waals surface area contributed by atoms with Gasteiger partial charge in [0, 0.05) is 6.54 Å². The van der Waals surface area contributed by atoms with Crippen LogP contribution < -0.4 is 5.32 Å². The molecule has 0 spiro atoms. The van der Waals surface area contributed by atoms with Crippen molar-refractivity contribution in [2.24, 2.45) is 0 Å². The number of amides is 1. The summed E-state index contributed by atoms with van der Waals surface area (Å²) < 4.78 is 7.58. The number of nitrogens with one attached hydrogen (secondary N) is 1. The van der Waals surface area contributed by atoms with Gasteiger partial charge in [0.2, 0.25) is 5.91 Å². The molecule has 0 fully saturated rings. The van der Waals surface area contributed by atoms with E-state index >= 15 is 0 Å². The van der Waals surface area contributed by atoms with Crippen molar-refractivity contribution in [2.75, 3.05) is 12.3 Å². The predicted octanol–water partition coefficient (Wildman–Crippen LogP) is 3.81. The predicted molar refractivity (Wildman–Crippen MR) is 99.5 cm³/mol. The lowest BCUT2D eigenvalue weighted by atomic mass is 10.2. The van der Waals surface area contributed by atoms with Gasteiger partial charge in [0.1, 0.15) is 5.76 Å². The van der Waals surface area contributed by atoms with Crippen LogP contribution >= 0.6 is 11.8 Å². The Hall–Kier alpha value is -2.47. The second-order valence-corrected chi connectivity index (χ2v) is 6.54. The van der Waals surface area contributed by atoms with E-state index in [1.807, 2.05) is 43.5 Å². The van der Waals surface area contributed by atoms with Gasteiger partial charge < -0.3 is 14.3 Å². The van der Waals surface area contributed by atoms with Crippen molar-refractivity contribution >= 4 is 17.7 Å². The SMILES string of the molecule is CCCNC(=O)CSc1ncc(-c2ccccc2)n1Cc1ccco1. The maximum Gasteiger partial charge on any atom is 0.230 e. The van der Waals surface area contributed by atoms with Crippen molar-refractivity contribution in [1.82, 2.24) is 14.9 Å². The zero-order chi connectivity index (χ0) is 17.5. The smallest absolute Gasteiger partial charge is 0.230 e. The maximum atomic E-state index is 11.9. The molecule has 0 unspecified atom stereocenters. The van der Waals surface area contributed by atoms with Crippen LogP contribution in [-0.4, -0.2) is 27.8 Å². The van der Waals surface area contributed by atoms with Gasteiger partial charge in [-0.3, -0.25) is 4.79 Å². The van der Waals surface area contributed by atoms with Gasteiger partial charge in [-0.25, -0.2) is 4.98 Å². The van der Waals surface area contributed by atoms with Crippen LogP contribution in [0.4, 0.5) is 0 Å². The average Bonchev–Trinajstić information content (AvgIpc) is 3.29. The largest absolute Gasteiger partial charge is 0.467 e. The first-order valence-electron chi connectivity index (χ1n) is 8.30. The highest BCUT2D eigenvalue weighted by Crippen LogP contribution is 2.27. The van der Waals surface area contributed by atoms with E-state index in [0.29, 0.717) is 18.8 Å². The molecule has 0 aliphatic rings. The summed E-state index contributed by atoms with van der Waals surface area (Å²) in [5.41, 5.74) is 2.09. The summed E-state index contributed by atoms with van der Waals surface area (Å²) in [4.78, 5) is 16.4. The van der Waals surface area contributed by atoms with Crippen LogP contribution in [0.15, 0.2) is 64.5 Å². The molecule has 0 bridgehead atoms. The Bertz CT molecular complexity index is 797. The van der Waals surface area contributed by atoms with Crippen molar-refractivity contribution in [1.29, 1.82) is 0 Å². The van der Waals surface area contributed by atoms with Crippen LogP contribution in [-0.2, 0) is 11.3 Å². The first-order chi connectivity index (χ1) is 12.3. The first-order valence-corrected chi connectivity index (χ1v) is 9.29. The molecule has 2 heterocycles. The second kappa shape index (κ2) is 8.58. The minimum atomic E-state index is 0.0284. The monoisotopic (exact) mass is 355 g/mol. The number of nitrogens with zero attached hydrogens (tertiary/aromatic N) is 2. The van der Waals surface area contributed by atoms with E-state index in [4.69, 9.17) is 4.42 Å². The second-order valence-electron chi connectivity index (χ2n) is 5.60. The van der Waals surface area contributed by atoms with Crippen LogP contribution in [0.1, 0.15) is 19.1 Å². The Kier molecular flexibility index (Phi) is 5.95. The fourth-order valence-corrected chi connectivity index (χ4v) is 3.28. The highest BCUT2D eigenvalue weighted by atomic mass is 32.2. The molecule has 1 aromatic carbocycles. The van der Waals surface area contributed by atoms with Gasteiger partial charge in [0.15, 0.2) is 5.16 Å². The van der Waals surface area contributed by atoms with E-state index in [1.54, 1.807) is 6.26 Å². The Morgan fingerprint density at radius 3 is 2.80 bits per heavy atom. The zero-order valence-corrected chi connectivity index (χ0v) is 15.0. The molecule has 3 rings (SSSR count). The van der Waals surface area contributed by atoms with Gasteiger partial charge in [-0.05, 0) is 24.1 Å². The number of carbonyl (C=O) groups is 1. The highest BCUT2D eigenvalue weighted by Gasteiger charge is 2.15. The van der Waals surface area contributed by atoms with Crippen molar-refractivity contribution in [3.8, 4) is 11.3 Å². The number of aromatic nitrogens is 2. The summed E-state index contributed by atoms with van der Waals surface area (Å²) in [5.74, 6) is 1.23. The number of carbonyl (C=O) groups excluding carboxylic acids is 1. The summed E-state index contributed by atoms with van der Waals surface area (Å²) >= 11 is 1.44. The van der Waals surface area contributed by atoms with Crippen LogP contribution in [0, 0.1) is 0 Å². The molecule has 1 N–H and O–H groups in total. The number of rotatable bonds is 8. The van der Waals surface area contributed by atoms with E-state index < -0.39 is 0 Å². The minimum Gasteiger partial charge on any atom is -0.467 e. The number of hydrogen-bond acceptors (Lipinski definition) is 4. The van der Waals surface area contributed by atoms with E-state index in [2.05, 4.69) is 27.0 Å². The topological polar surface area (TPSA) is 60.1 Å². The number of furan rings is 1. The molecule has 1 amide bonds. The van der Waals surface area contributed by atoms with Gasteiger partial charge >= 0.3 is 0 Å². The summed E-state index contributed by atoms with van der Waals surface area (Å²) in [7, 11) is 0. The number of imidazole rings is 1. The lowest BCUT2D eigenvalue weighted by Gasteiger charge is -2.10. The lowest BCUT2D eigenvalue weighted by molar-refractivity contribution is -0.118. The number of benzene rings is 1. The van der Waals surface area contributed by atoms with Crippen LogP contribution in [0.5, 0.6) is 0 Å². The molecular weight excluding hydrogens is 334 g/mol. The van der Waals surface area contributed by atoms with Crippen molar-refractivity contribution in [3.05, 3.63) is 60.7 Å². The Morgan fingerprint density at radius 1 is 1.24 bits per heavy atom. The van der Waals surface area contributed by atoms with E-state index in [-0.39, 0.29) is 5.91 Å². The Morgan fingerprint density at radius 2 is 2.08 bits per heavy atom. The standard InChI is InChI=1S/C19H21N3O2S/c1-2-10-20-18(23)14-25-19-21-12-17(15-7-4-3-5-8-15)22(19)13-16-9-6-11-24-16/h3-9,11-12H,2,10,13-14H2,1H3,(H,20,23). The van der Waals surface area contributed by atoms with Gasteiger partial charge in [0.25, 0.3) is 0 Å². The van der Waals surface area contributed by atoms with Crippen LogP contribution in [0.3, 0.4) is 0 Å². The molecule has 0 atom stereocenters. The third-order valence-electron chi connectivity index (χ3n) is 3.69. The Balaban J connectivity index is 1.82. The molecule has 0 aliphatic carbocycles. The van der Waals surface area contributed by atoms with E-state index in [1.165, 1.54) is 11.8 Å². The number of thioether (sulfide) groups is 1. The summed E-state index contributed by atoms with van der Waals surface area (Å²) in [6.45, 7) is 3.32. The fourth-order valence-electron chi connectivity index (χ4n) is 2.47. The quantitative estimate of drug-likeness (QED) is 0.624. The molecule has 130 valence electrons. The van der Waals surface area contributed by atoms with E-state index in [9.17, 15) is 4.79 Å². The third-order valence-corrected chi connectivity index (χ3v) is 4.68. The first kappa shape index (κ1) is 17.4. The summed E-state index contributed by atoms with van der Waals surface area (Å²) in [6.07, 6.45) is 4.45. The molecular formula is C19H21N3O2S. The van der Waals surface area contributed by atoms with Gasteiger partial charge in [-0.15, -0.1) is 0 Å². The number of hydrogen-bond donors (Lipinski definition) is 1. The molecule has 0 saturated carbocycles. The Labute approximate surface area is 151 Å². The normalized spacial score (nSPS) is 10.8. The van der Waals surface area contributed by atoms with Crippen LogP contribution in [0.2, 0.25) is 0 Å². The molecule has 3 aromatic rings. The lowest BCUT2D eigenvalue weighted by Crippen LogP contribution is -2.25. The van der Waals surface area contributed by atoms with Crippen molar-refractivity contribution in [2.45, 2.75) is 25.0 Å². The molecule has 0 aliphatic heterocycles. The summed E-state index contributed by atoms with van der Waals surface area (Å²) in [6, 6.07) is 13.9. The maximum absolute atomic E-state index is 11.9. The molecule has 0 radical (unpaired) electrons. The molecule has 0 saturated heterocycles. The average molecular weight is 355 g/mol. The van der Waals surface area contributed by atoms with Gasteiger partial charge in [0.05, 0.1) is 30.5 Å². The molecule has 25 heavy (non-hydrogen) atoms. The van der Waals surface area contributed by atoms with Gasteiger partial charge in [-0.2, -0.15) is 0 Å². The van der Waals surface area contributed by atoms with Crippen molar-refractivity contribution < 1.29 is 9.21 Å².